The van der Waals surface area contributed by atoms with Crippen molar-refractivity contribution in [2.24, 2.45) is 11.7 Å². The molecule has 1 aromatic rings. The fourth-order valence-electron chi connectivity index (χ4n) is 3.36. The van der Waals surface area contributed by atoms with Crippen LogP contribution in [0.2, 0.25) is 5.02 Å². The topological polar surface area (TPSA) is 38.5 Å². The van der Waals surface area contributed by atoms with Crippen molar-refractivity contribution in [3.8, 4) is 0 Å². The second-order valence-electron chi connectivity index (χ2n) is 6.00. The van der Waals surface area contributed by atoms with E-state index < -0.39 is 0 Å². The van der Waals surface area contributed by atoms with E-state index in [4.69, 9.17) is 22.1 Å². The summed E-state index contributed by atoms with van der Waals surface area (Å²) in [5, 5.41) is 0.820. The maximum Gasteiger partial charge on any atom is 0.0513 e. The molecule has 2 N–H and O–H groups in total. The Morgan fingerprint density at radius 1 is 1.43 bits per heavy atom. The number of halogens is 1. The van der Waals surface area contributed by atoms with Gasteiger partial charge in [0, 0.05) is 24.7 Å². The molecule has 0 amide bonds. The predicted molar refractivity (Wildman–Crippen MR) is 88.6 cm³/mol. The summed E-state index contributed by atoms with van der Waals surface area (Å²) in [7, 11) is 1.78. The monoisotopic (exact) mass is 310 g/mol. The Morgan fingerprint density at radius 2 is 2.19 bits per heavy atom. The van der Waals surface area contributed by atoms with E-state index in [1.54, 1.807) is 7.11 Å². The Hall–Kier alpha value is -0.610. The van der Waals surface area contributed by atoms with E-state index >= 15 is 0 Å². The third-order valence-electron chi connectivity index (χ3n) is 4.45. The molecule has 21 heavy (non-hydrogen) atoms. The second-order valence-corrected chi connectivity index (χ2v) is 6.40. The molecule has 1 saturated heterocycles. The third-order valence-corrected chi connectivity index (χ3v) is 4.79. The van der Waals surface area contributed by atoms with Gasteiger partial charge >= 0.3 is 0 Å². The zero-order valence-electron chi connectivity index (χ0n) is 13.1. The van der Waals surface area contributed by atoms with Crippen LogP contribution in [-0.2, 0) is 4.74 Å². The van der Waals surface area contributed by atoms with E-state index in [1.807, 2.05) is 18.2 Å². The number of methoxy groups -OCH3 is 1. The van der Waals surface area contributed by atoms with Crippen LogP contribution in [0.4, 0.5) is 0 Å². The lowest BCUT2D eigenvalue weighted by Crippen LogP contribution is -2.46. The van der Waals surface area contributed by atoms with Crippen LogP contribution >= 0.6 is 11.6 Å². The number of hydrogen-bond acceptors (Lipinski definition) is 3. The zero-order valence-corrected chi connectivity index (χ0v) is 13.9. The van der Waals surface area contributed by atoms with Gasteiger partial charge in [0.1, 0.15) is 0 Å². The first-order valence-electron chi connectivity index (χ1n) is 7.90. The van der Waals surface area contributed by atoms with E-state index in [1.165, 1.54) is 12.8 Å². The maximum absolute atomic E-state index is 6.44. The van der Waals surface area contributed by atoms with E-state index in [9.17, 15) is 0 Å². The molecule has 0 radical (unpaired) electrons. The molecule has 3 nitrogen and oxygen atoms in total. The lowest BCUT2D eigenvalue weighted by molar-refractivity contribution is 0.0597. The van der Waals surface area contributed by atoms with E-state index in [2.05, 4.69) is 17.9 Å². The standard InChI is InChI=1S/C17H27ClN2O/c1-3-16(19)17(14-8-4-5-9-15(14)18)20-10-6-7-13(11-20)12-21-2/h4-5,8-9,13,16-17H,3,6-7,10-12,19H2,1-2H3. The average Bonchev–Trinajstić information content (AvgIpc) is 2.50. The number of benzene rings is 1. The highest BCUT2D eigenvalue weighted by Crippen LogP contribution is 2.33. The van der Waals surface area contributed by atoms with Crippen molar-refractivity contribution < 1.29 is 4.74 Å². The molecule has 2 rings (SSSR count). The summed E-state index contributed by atoms with van der Waals surface area (Å²) in [5.74, 6) is 0.595. The summed E-state index contributed by atoms with van der Waals surface area (Å²) in [6.45, 7) is 5.10. The highest BCUT2D eigenvalue weighted by molar-refractivity contribution is 6.31. The molecule has 1 heterocycles. The minimum Gasteiger partial charge on any atom is -0.384 e. The molecule has 0 bridgehead atoms. The van der Waals surface area contributed by atoms with Gasteiger partial charge in [-0.15, -0.1) is 0 Å². The van der Waals surface area contributed by atoms with E-state index in [-0.39, 0.29) is 12.1 Å². The predicted octanol–water partition coefficient (Wildman–Crippen LogP) is 3.48. The van der Waals surface area contributed by atoms with Gasteiger partial charge in [0.15, 0.2) is 0 Å². The van der Waals surface area contributed by atoms with Gasteiger partial charge in [0.05, 0.1) is 12.6 Å². The Kier molecular flexibility index (Phi) is 6.49. The highest BCUT2D eigenvalue weighted by Gasteiger charge is 2.31. The van der Waals surface area contributed by atoms with E-state index in [0.29, 0.717) is 5.92 Å². The molecule has 1 aromatic carbocycles. The van der Waals surface area contributed by atoms with Crippen LogP contribution in [0.25, 0.3) is 0 Å². The van der Waals surface area contributed by atoms with Gasteiger partial charge in [0.2, 0.25) is 0 Å². The lowest BCUT2D eigenvalue weighted by Gasteiger charge is -2.41. The number of likely N-dealkylation sites (tertiary alicyclic amines) is 1. The number of piperidine rings is 1. The quantitative estimate of drug-likeness (QED) is 0.874. The maximum atomic E-state index is 6.44. The van der Waals surface area contributed by atoms with Gasteiger partial charge in [-0.05, 0) is 43.4 Å². The Morgan fingerprint density at radius 3 is 2.86 bits per heavy atom. The number of nitrogens with two attached hydrogens (primary N) is 1. The number of hydrogen-bond donors (Lipinski definition) is 1. The number of nitrogens with zero attached hydrogens (tertiary/aromatic N) is 1. The molecule has 0 saturated carbocycles. The molecule has 0 spiro atoms. The van der Waals surface area contributed by atoms with Crippen LogP contribution in [-0.4, -0.2) is 37.7 Å². The molecule has 118 valence electrons. The van der Waals surface area contributed by atoms with Gasteiger partial charge < -0.3 is 10.5 Å². The normalized spacial score (nSPS) is 23.0. The summed E-state index contributed by atoms with van der Waals surface area (Å²) in [6.07, 6.45) is 3.38. The van der Waals surface area contributed by atoms with Gasteiger partial charge in [-0.1, -0.05) is 36.7 Å². The third kappa shape index (κ3) is 4.19. The molecule has 0 aromatic heterocycles. The van der Waals surface area contributed by atoms with Crippen LogP contribution in [0.15, 0.2) is 24.3 Å². The van der Waals surface area contributed by atoms with Crippen LogP contribution in [0.3, 0.4) is 0 Å². The fourth-order valence-corrected chi connectivity index (χ4v) is 3.61. The lowest BCUT2D eigenvalue weighted by atomic mass is 9.91. The summed E-state index contributed by atoms with van der Waals surface area (Å²) in [6, 6.07) is 8.40. The highest BCUT2D eigenvalue weighted by atomic mass is 35.5. The fraction of sp³-hybridized carbons (Fsp3) is 0.647. The molecular formula is C17H27ClN2O. The zero-order chi connectivity index (χ0) is 15.2. The molecule has 1 aliphatic heterocycles. The van der Waals surface area contributed by atoms with Crippen molar-refractivity contribution in [2.75, 3.05) is 26.8 Å². The van der Waals surface area contributed by atoms with Crippen molar-refractivity contribution >= 4 is 11.6 Å². The van der Waals surface area contributed by atoms with Crippen molar-refractivity contribution in [1.29, 1.82) is 0 Å². The van der Waals surface area contributed by atoms with Crippen molar-refractivity contribution in [3.63, 3.8) is 0 Å². The van der Waals surface area contributed by atoms with Gasteiger partial charge in [-0.3, -0.25) is 4.90 Å². The Bertz CT molecular complexity index is 439. The van der Waals surface area contributed by atoms with Crippen molar-refractivity contribution in [3.05, 3.63) is 34.9 Å². The van der Waals surface area contributed by atoms with Crippen LogP contribution in [0, 0.1) is 5.92 Å². The minimum absolute atomic E-state index is 0.103. The first-order chi connectivity index (χ1) is 10.2. The molecule has 4 heteroatoms. The summed E-state index contributed by atoms with van der Waals surface area (Å²) < 4.78 is 5.34. The number of rotatable bonds is 6. The summed E-state index contributed by atoms with van der Waals surface area (Å²) in [4.78, 5) is 2.50. The van der Waals surface area contributed by atoms with Gasteiger partial charge in [-0.2, -0.15) is 0 Å². The first kappa shape index (κ1) is 16.8. The molecule has 1 fully saturated rings. The van der Waals surface area contributed by atoms with Crippen LogP contribution in [0.5, 0.6) is 0 Å². The molecule has 0 aliphatic carbocycles. The first-order valence-corrected chi connectivity index (χ1v) is 8.28. The van der Waals surface area contributed by atoms with E-state index in [0.717, 1.165) is 36.7 Å². The summed E-state index contributed by atoms with van der Waals surface area (Å²) in [5.41, 5.74) is 7.60. The van der Waals surface area contributed by atoms with Crippen molar-refractivity contribution in [2.45, 2.75) is 38.3 Å². The van der Waals surface area contributed by atoms with Crippen molar-refractivity contribution in [1.82, 2.24) is 4.90 Å². The minimum atomic E-state index is 0.103. The number of ether oxygens (including phenoxy) is 1. The second kappa shape index (κ2) is 8.14. The molecular weight excluding hydrogens is 284 g/mol. The molecule has 3 unspecified atom stereocenters. The Labute approximate surface area is 133 Å². The average molecular weight is 311 g/mol. The van der Waals surface area contributed by atoms with Gasteiger partial charge in [0.25, 0.3) is 0 Å². The largest absolute Gasteiger partial charge is 0.384 e. The van der Waals surface area contributed by atoms with Crippen LogP contribution < -0.4 is 5.73 Å². The Balaban J connectivity index is 2.22. The molecule has 3 atom stereocenters. The summed E-state index contributed by atoms with van der Waals surface area (Å²) >= 11 is 6.43. The SMILES string of the molecule is CCC(N)C(c1ccccc1Cl)N1CCCC(COC)C1. The van der Waals surface area contributed by atoms with Gasteiger partial charge in [-0.25, -0.2) is 0 Å². The molecule has 1 aliphatic rings. The smallest absolute Gasteiger partial charge is 0.0513 e. The van der Waals surface area contributed by atoms with Crippen LogP contribution in [0.1, 0.15) is 37.8 Å².